The Labute approximate surface area is 100 Å². The van der Waals surface area contributed by atoms with Gasteiger partial charge < -0.3 is 15.8 Å². The van der Waals surface area contributed by atoms with Crippen molar-refractivity contribution in [2.24, 2.45) is 5.92 Å². The number of hydrogen-bond acceptors (Lipinski definition) is 5. The maximum atomic E-state index is 11.5. The summed E-state index contributed by atoms with van der Waals surface area (Å²) < 4.78 is 4.66. The quantitative estimate of drug-likeness (QED) is 0.776. The van der Waals surface area contributed by atoms with E-state index in [1.165, 1.54) is 7.11 Å². The van der Waals surface area contributed by atoms with Gasteiger partial charge in [0.25, 0.3) is 0 Å². The van der Waals surface area contributed by atoms with E-state index in [0.717, 1.165) is 12.8 Å². The SMILES string of the molecule is CCC1CC1Nc1nccc(C(=O)OC)c1N. The Morgan fingerprint density at radius 1 is 1.71 bits per heavy atom. The summed E-state index contributed by atoms with van der Waals surface area (Å²) in [5.41, 5.74) is 6.62. The Bertz CT molecular complexity index is 434. The molecule has 3 N–H and O–H groups in total. The first-order valence-corrected chi connectivity index (χ1v) is 5.76. The van der Waals surface area contributed by atoms with Crippen LogP contribution >= 0.6 is 0 Å². The van der Waals surface area contributed by atoms with Gasteiger partial charge in [0.2, 0.25) is 0 Å². The van der Waals surface area contributed by atoms with Crippen LogP contribution in [0.4, 0.5) is 11.5 Å². The molecule has 2 rings (SSSR count). The molecular weight excluding hydrogens is 218 g/mol. The number of aromatic nitrogens is 1. The van der Waals surface area contributed by atoms with Crippen LogP contribution in [0, 0.1) is 5.92 Å². The van der Waals surface area contributed by atoms with Crippen molar-refractivity contribution in [1.82, 2.24) is 4.98 Å². The molecule has 2 atom stereocenters. The number of esters is 1. The number of carbonyl (C=O) groups is 1. The van der Waals surface area contributed by atoms with E-state index >= 15 is 0 Å². The lowest BCUT2D eigenvalue weighted by Crippen LogP contribution is -2.12. The number of methoxy groups -OCH3 is 1. The van der Waals surface area contributed by atoms with E-state index in [-0.39, 0.29) is 0 Å². The summed E-state index contributed by atoms with van der Waals surface area (Å²) in [4.78, 5) is 15.6. The molecule has 1 saturated carbocycles. The number of pyridine rings is 1. The third-order valence-corrected chi connectivity index (χ3v) is 3.16. The van der Waals surface area contributed by atoms with Crippen molar-refractivity contribution in [1.29, 1.82) is 0 Å². The molecule has 17 heavy (non-hydrogen) atoms. The fraction of sp³-hybridized carbons (Fsp3) is 0.500. The number of rotatable bonds is 4. The van der Waals surface area contributed by atoms with Crippen LogP contribution in [0.5, 0.6) is 0 Å². The molecule has 0 radical (unpaired) electrons. The van der Waals surface area contributed by atoms with Crippen LogP contribution in [-0.4, -0.2) is 24.1 Å². The second-order valence-electron chi connectivity index (χ2n) is 4.27. The Kier molecular flexibility index (Phi) is 3.17. The van der Waals surface area contributed by atoms with Crippen LogP contribution < -0.4 is 11.1 Å². The summed E-state index contributed by atoms with van der Waals surface area (Å²) in [6, 6.07) is 2.00. The summed E-state index contributed by atoms with van der Waals surface area (Å²) >= 11 is 0. The standard InChI is InChI=1S/C12H17N3O2/c1-3-7-6-9(7)15-11-10(13)8(4-5-14-11)12(16)17-2/h4-5,7,9H,3,6,13H2,1-2H3,(H,14,15). The van der Waals surface area contributed by atoms with Crippen molar-refractivity contribution in [3.63, 3.8) is 0 Å². The number of nitrogens with zero attached hydrogens (tertiary/aromatic N) is 1. The summed E-state index contributed by atoms with van der Waals surface area (Å²) in [6.45, 7) is 2.16. The Morgan fingerprint density at radius 2 is 2.47 bits per heavy atom. The van der Waals surface area contributed by atoms with Gasteiger partial charge in [-0.05, 0) is 18.4 Å². The van der Waals surface area contributed by atoms with Crippen LogP contribution in [0.2, 0.25) is 0 Å². The molecule has 0 amide bonds. The fourth-order valence-electron chi connectivity index (χ4n) is 1.93. The summed E-state index contributed by atoms with van der Waals surface area (Å²) in [7, 11) is 1.34. The van der Waals surface area contributed by atoms with Crippen molar-refractivity contribution < 1.29 is 9.53 Å². The number of hydrogen-bond donors (Lipinski definition) is 2. The highest BCUT2D eigenvalue weighted by Crippen LogP contribution is 2.37. The number of nitrogens with two attached hydrogens (primary N) is 1. The molecule has 1 fully saturated rings. The van der Waals surface area contributed by atoms with E-state index in [1.807, 2.05) is 0 Å². The zero-order valence-electron chi connectivity index (χ0n) is 10.1. The van der Waals surface area contributed by atoms with E-state index in [0.29, 0.717) is 29.0 Å². The number of ether oxygens (including phenoxy) is 1. The van der Waals surface area contributed by atoms with Gasteiger partial charge in [-0.1, -0.05) is 13.3 Å². The Hall–Kier alpha value is -1.78. The molecule has 5 heteroatoms. The predicted molar refractivity (Wildman–Crippen MR) is 65.8 cm³/mol. The maximum absolute atomic E-state index is 11.5. The highest BCUT2D eigenvalue weighted by molar-refractivity contribution is 5.97. The van der Waals surface area contributed by atoms with Gasteiger partial charge in [0.1, 0.15) is 5.82 Å². The first-order valence-electron chi connectivity index (χ1n) is 5.76. The smallest absolute Gasteiger partial charge is 0.340 e. The highest BCUT2D eigenvalue weighted by Gasteiger charge is 2.36. The van der Waals surface area contributed by atoms with Crippen molar-refractivity contribution in [2.75, 3.05) is 18.2 Å². The first kappa shape index (κ1) is 11.7. The molecule has 0 spiro atoms. The van der Waals surface area contributed by atoms with Gasteiger partial charge in [0, 0.05) is 12.2 Å². The predicted octanol–water partition coefficient (Wildman–Crippen LogP) is 1.66. The van der Waals surface area contributed by atoms with Gasteiger partial charge in [-0.3, -0.25) is 0 Å². The minimum Gasteiger partial charge on any atom is -0.465 e. The molecule has 0 aliphatic heterocycles. The lowest BCUT2D eigenvalue weighted by molar-refractivity contribution is 0.0602. The molecule has 1 aliphatic carbocycles. The maximum Gasteiger partial charge on any atom is 0.340 e. The van der Waals surface area contributed by atoms with Gasteiger partial charge in [0.15, 0.2) is 0 Å². The summed E-state index contributed by atoms with van der Waals surface area (Å²) in [5, 5.41) is 3.26. The van der Waals surface area contributed by atoms with Crippen LogP contribution in [0.15, 0.2) is 12.3 Å². The third kappa shape index (κ3) is 2.33. The van der Waals surface area contributed by atoms with E-state index < -0.39 is 5.97 Å². The Balaban J connectivity index is 2.15. The molecule has 1 aliphatic rings. The van der Waals surface area contributed by atoms with Crippen LogP contribution in [0.25, 0.3) is 0 Å². The molecule has 1 aromatic heterocycles. The topological polar surface area (TPSA) is 77.2 Å². The van der Waals surface area contributed by atoms with Gasteiger partial charge in [-0.15, -0.1) is 0 Å². The van der Waals surface area contributed by atoms with Gasteiger partial charge >= 0.3 is 5.97 Å². The second-order valence-corrected chi connectivity index (χ2v) is 4.27. The third-order valence-electron chi connectivity index (χ3n) is 3.16. The lowest BCUT2D eigenvalue weighted by atomic mass is 10.2. The first-order chi connectivity index (χ1) is 8.17. The van der Waals surface area contributed by atoms with Gasteiger partial charge in [0.05, 0.1) is 18.4 Å². The molecule has 5 nitrogen and oxygen atoms in total. The summed E-state index contributed by atoms with van der Waals surface area (Å²) in [6.07, 6.45) is 3.85. The van der Waals surface area contributed by atoms with E-state index in [2.05, 4.69) is 22.0 Å². The zero-order valence-corrected chi connectivity index (χ0v) is 10.1. The highest BCUT2D eigenvalue weighted by atomic mass is 16.5. The zero-order chi connectivity index (χ0) is 12.4. The van der Waals surface area contributed by atoms with Crippen LogP contribution in [0.1, 0.15) is 30.1 Å². The number of anilines is 2. The molecular formula is C12H17N3O2. The normalized spacial score (nSPS) is 22.0. The monoisotopic (exact) mass is 235 g/mol. The van der Waals surface area contributed by atoms with Gasteiger partial charge in [-0.2, -0.15) is 0 Å². The molecule has 0 saturated heterocycles. The van der Waals surface area contributed by atoms with Crippen molar-refractivity contribution >= 4 is 17.5 Å². The van der Waals surface area contributed by atoms with Crippen molar-refractivity contribution in [3.8, 4) is 0 Å². The molecule has 0 aromatic carbocycles. The molecule has 0 bridgehead atoms. The number of carbonyl (C=O) groups excluding carboxylic acids is 1. The lowest BCUT2D eigenvalue weighted by Gasteiger charge is -2.10. The summed E-state index contributed by atoms with van der Waals surface area (Å²) in [5.74, 6) is 0.836. The van der Waals surface area contributed by atoms with Crippen LogP contribution in [-0.2, 0) is 4.74 Å². The molecule has 2 unspecified atom stereocenters. The number of nitrogen functional groups attached to an aromatic ring is 1. The molecule has 1 heterocycles. The van der Waals surface area contributed by atoms with Crippen LogP contribution in [0.3, 0.4) is 0 Å². The molecule has 1 aromatic rings. The van der Waals surface area contributed by atoms with E-state index in [1.54, 1.807) is 12.3 Å². The largest absolute Gasteiger partial charge is 0.465 e. The minimum atomic E-state index is -0.434. The molecule has 92 valence electrons. The van der Waals surface area contributed by atoms with Crippen molar-refractivity contribution in [2.45, 2.75) is 25.8 Å². The van der Waals surface area contributed by atoms with Gasteiger partial charge in [-0.25, -0.2) is 9.78 Å². The fourth-order valence-corrected chi connectivity index (χ4v) is 1.93. The minimum absolute atomic E-state index is 0.360. The van der Waals surface area contributed by atoms with Crippen molar-refractivity contribution in [3.05, 3.63) is 17.8 Å². The number of nitrogens with one attached hydrogen (secondary N) is 1. The Morgan fingerprint density at radius 3 is 3.06 bits per heavy atom. The average Bonchev–Trinajstić information content (AvgIpc) is 3.09. The van der Waals surface area contributed by atoms with E-state index in [9.17, 15) is 4.79 Å². The second kappa shape index (κ2) is 4.61. The van der Waals surface area contributed by atoms with E-state index in [4.69, 9.17) is 5.73 Å². The average molecular weight is 235 g/mol.